The summed E-state index contributed by atoms with van der Waals surface area (Å²) < 4.78 is 4.77. The van der Waals surface area contributed by atoms with Crippen molar-refractivity contribution >= 4 is 11.9 Å². The Hall–Kier alpha value is -2.08. The number of para-hydroxylation sites is 1. The Morgan fingerprint density at radius 2 is 2.00 bits per heavy atom. The van der Waals surface area contributed by atoms with Crippen LogP contribution in [0.5, 0.6) is 5.75 Å². The Morgan fingerprint density at radius 1 is 1.26 bits per heavy atom. The first-order valence-electron chi connectivity index (χ1n) is 5.92. The zero-order chi connectivity index (χ0) is 14.1. The molecule has 0 aromatic heterocycles. The number of amides is 1. The summed E-state index contributed by atoms with van der Waals surface area (Å²) in [5.74, 6) is -1.02. The summed E-state index contributed by atoms with van der Waals surface area (Å²) in [5, 5.41) is 20.4. The fourth-order valence-electron chi connectivity index (χ4n) is 1.48. The van der Waals surface area contributed by atoms with Gasteiger partial charge in [0.15, 0.2) is 0 Å². The molecule has 0 atom stereocenters. The molecular weight excluding hydrogens is 250 g/mol. The topological polar surface area (TPSA) is 95.9 Å². The quantitative estimate of drug-likeness (QED) is 0.597. The highest BCUT2D eigenvalue weighted by atomic mass is 16.5. The molecule has 0 heterocycles. The molecule has 0 aliphatic carbocycles. The summed E-state index contributed by atoms with van der Waals surface area (Å²) in [5.41, 5.74) is 0.722. The molecule has 6 heteroatoms. The number of rotatable bonds is 8. The Labute approximate surface area is 111 Å². The third-order valence-electron chi connectivity index (χ3n) is 2.41. The normalized spacial score (nSPS) is 10.1. The molecule has 0 fully saturated rings. The predicted molar refractivity (Wildman–Crippen MR) is 67.9 cm³/mol. The Morgan fingerprint density at radius 3 is 2.68 bits per heavy atom. The number of hydrogen-bond acceptors (Lipinski definition) is 4. The molecule has 0 aliphatic rings. The van der Waals surface area contributed by atoms with Gasteiger partial charge in [-0.3, -0.25) is 4.79 Å². The monoisotopic (exact) mass is 267 g/mol. The second-order valence-corrected chi connectivity index (χ2v) is 3.92. The van der Waals surface area contributed by atoms with Gasteiger partial charge in [0.1, 0.15) is 12.4 Å². The van der Waals surface area contributed by atoms with E-state index in [9.17, 15) is 14.7 Å². The van der Waals surface area contributed by atoms with Crippen molar-refractivity contribution < 1.29 is 24.5 Å². The molecule has 0 aliphatic heterocycles. The molecule has 1 rings (SSSR count). The first-order valence-corrected chi connectivity index (χ1v) is 5.92. The number of benzene rings is 1. The first-order chi connectivity index (χ1) is 9.09. The lowest BCUT2D eigenvalue weighted by Crippen LogP contribution is -2.28. The van der Waals surface area contributed by atoms with Crippen molar-refractivity contribution in [3.05, 3.63) is 29.8 Å². The van der Waals surface area contributed by atoms with E-state index in [1.165, 1.54) is 0 Å². The summed E-state index contributed by atoms with van der Waals surface area (Å²) in [4.78, 5) is 21.6. The molecule has 0 bridgehead atoms. The van der Waals surface area contributed by atoms with Gasteiger partial charge in [-0.05, 0) is 18.1 Å². The zero-order valence-corrected chi connectivity index (χ0v) is 10.5. The van der Waals surface area contributed by atoms with Gasteiger partial charge in [0.2, 0.25) is 5.91 Å². The number of carboxylic acids is 1. The molecule has 0 spiro atoms. The minimum atomic E-state index is -1.04. The van der Waals surface area contributed by atoms with E-state index in [-0.39, 0.29) is 37.8 Å². The smallest absolute Gasteiger partial charge is 0.329 e. The van der Waals surface area contributed by atoms with Gasteiger partial charge < -0.3 is 20.3 Å². The average Bonchev–Trinajstić information content (AvgIpc) is 2.37. The number of hydrogen-bond donors (Lipinski definition) is 3. The van der Waals surface area contributed by atoms with Crippen molar-refractivity contribution in [1.82, 2.24) is 5.32 Å². The first kappa shape index (κ1) is 15.0. The van der Waals surface area contributed by atoms with E-state index in [1.54, 1.807) is 24.3 Å². The van der Waals surface area contributed by atoms with E-state index in [1.807, 2.05) is 0 Å². The van der Waals surface area contributed by atoms with Crippen molar-refractivity contribution in [3.63, 3.8) is 0 Å². The lowest BCUT2D eigenvalue weighted by molar-refractivity contribution is -0.142. The minimum Gasteiger partial charge on any atom is -0.508 e. The van der Waals surface area contributed by atoms with E-state index < -0.39 is 5.97 Å². The SMILES string of the molecule is O=C(O)COCCNC(=O)CCc1ccccc1O. The van der Waals surface area contributed by atoms with Crippen molar-refractivity contribution in [2.45, 2.75) is 12.8 Å². The van der Waals surface area contributed by atoms with Gasteiger partial charge in [0, 0.05) is 13.0 Å². The molecule has 0 unspecified atom stereocenters. The Balaban J connectivity index is 2.15. The number of nitrogens with one attached hydrogen (secondary N) is 1. The van der Waals surface area contributed by atoms with Gasteiger partial charge in [0.05, 0.1) is 6.61 Å². The van der Waals surface area contributed by atoms with Gasteiger partial charge in [-0.25, -0.2) is 4.79 Å². The third kappa shape index (κ3) is 6.42. The molecule has 3 N–H and O–H groups in total. The van der Waals surface area contributed by atoms with Crippen LogP contribution in [0.3, 0.4) is 0 Å². The van der Waals surface area contributed by atoms with Crippen molar-refractivity contribution in [1.29, 1.82) is 0 Å². The van der Waals surface area contributed by atoms with Crippen molar-refractivity contribution in [3.8, 4) is 5.75 Å². The number of carbonyl (C=O) groups excluding carboxylic acids is 1. The maximum atomic E-state index is 11.5. The lowest BCUT2D eigenvalue weighted by atomic mass is 10.1. The number of phenolic OH excluding ortho intramolecular Hbond substituents is 1. The number of carbonyl (C=O) groups is 2. The number of phenols is 1. The number of carboxylic acid groups (broad SMARTS) is 1. The molecular formula is C13H17NO5. The zero-order valence-electron chi connectivity index (χ0n) is 10.5. The maximum Gasteiger partial charge on any atom is 0.329 e. The van der Waals surface area contributed by atoms with Crippen molar-refractivity contribution in [2.75, 3.05) is 19.8 Å². The van der Waals surface area contributed by atoms with Crippen LogP contribution in [0, 0.1) is 0 Å². The Bertz CT molecular complexity index is 433. The average molecular weight is 267 g/mol. The van der Waals surface area contributed by atoms with Crippen LogP contribution in [0.2, 0.25) is 0 Å². The van der Waals surface area contributed by atoms with E-state index in [0.29, 0.717) is 6.42 Å². The van der Waals surface area contributed by atoms with Gasteiger partial charge in [-0.1, -0.05) is 18.2 Å². The van der Waals surface area contributed by atoms with Crippen LogP contribution in [-0.2, 0) is 20.7 Å². The van der Waals surface area contributed by atoms with Crippen LogP contribution in [0.1, 0.15) is 12.0 Å². The highest BCUT2D eigenvalue weighted by Gasteiger charge is 2.05. The van der Waals surface area contributed by atoms with E-state index in [0.717, 1.165) is 5.56 Å². The van der Waals surface area contributed by atoms with Crippen LogP contribution in [-0.4, -0.2) is 41.8 Å². The van der Waals surface area contributed by atoms with E-state index >= 15 is 0 Å². The van der Waals surface area contributed by atoms with Crippen LogP contribution in [0.4, 0.5) is 0 Å². The van der Waals surface area contributed by atoms with Crippen LogP contribution < -0.4 is 5.32 Å². The summed E-state index contributed by atoms with van der Waals surface area (Å²) in [6.07, 6.45) is 0.713. The van der Waals surface area contributed by atoms with Crippen LogP contribution in [0.15, 0.2) is 24.3 Å². The largest absolute Gasteiger partial charge is 0.508 e. The molecule has 6 nitrogen and oxygen atoms in total. The highest BCUT2D eigenvalue weighted by molar-refractivity contribution is 5.76. The van der Waals surface area contributed by atoms with Crippen LogP contribution >= 0.6 is 0 Å². The Kier molecular flexibility index (Phi) is 6.38. The van der Waals surface area contributed by atoms with Gasteiger partial charge in [-0.15, -0.1) is 0 Å². The highest BCUT2D eigenvalue weighted by Crippen LogP contribution is 2.16. The predicted octanol–water partition coefficient (Wildman–Crippen LogP) is 0.542. The van der Waals surface area contributed by atoms with Gasteiger partial charge >= 0.3 is 5.97 Å². The lowest BCUT2D eigenvalue weighted by Gasteiger charge is -2.06. The fraction of sp³-hybridized carbons (Fsp3) is 0.385. The van der Waals surface area contributed by atoms with Gasteiger partial charge in [-0.2, -0.15) is 0 Å². The molecule has 1 aromatic rings. The van der Waals surface area contributed by atoms with Crippen LogP contribution in [0.25, 0.3) is 0 Å². The van der Waals surface area contributed by atoms with E-state index in [2.05, 4.69) is 5.32 Å². The summed E-state index contributed by atoms with van der Waals surface area (Å²) in [7, 11) is 0. The van der Waals surface area contributed by atoms with Gasteiger partial charge in [0.25, 0.3) is 0 Å². The third-order valence-corrected chi connectivity index (χ3v) is 2.41. The fourth-order valence-corrected chi connectivity index (χ4v) is 1.48. The molecule has 19 heavy (non-hydrogen) atoms. The summed E-state index contributed by atoms with van der Waals surface area (Å²) >= 11 is 0. The summed E-state index contributed by atoms with van der Waals surface area (Å²) in [6.45, 7) is 0.0648. The minimum absolute atomic E-state index is 0.161. The number of aromatic hydroxyl groups is 1. The second kappa shape index (κ2) is 8.10. The molecule has 1 aromatic carbocycles. The second-order valence-electron chi connectivity index (χ2n) is 3.92. The number of ether oxygens (including phenoxy) is 1. The molecule has 0 saturated heterocycles. The number of aliphatic carboxylic acids is 1. The molecule has 104 valence electrons. The number of aryl methyl sites for hydroxylation is 1. The molecule has 0 radical (unpaired) electrons. The van der Waals surface area contributed by atoms with Crippen molar-refractivity contribution in [2.24, 2.45) is 0 Å². The van der Waals surface area contributed by atoms with E-state index in [4.69, 9.17) is 9.84 Å². The molecule has 1 amide bonds. The molecule has 0 saturated carbocycles. The maximum absolute atomic E-state index is 11.5. The standard InChI is InChI=1S/C13H17NO5/c15-11-4-2-1-3-10(11)5-6-12(16)14-7-8-19-9-13(17)18/h1-4,15H,5-9H2,(H,14,16)(H,17,18). The summed E-state index contributed by atoms with van der Waals surface area (Å²) in [6, 6.07) is 6.86.